The van der Waals surface area contributed by atoms with E-state index in [4.69, 9.17) is 0 Å². The fourth-order valence-corrected chi connectivity index (χ4v) is 0. The molecule has 7 heavy (non-hydrogen) atoms. The average Bonchev–Trinajstić information content (AvgIpc) is 0.592. The van der Waals surface area contributed by atoms with Crippen LogP contribution in [0.15, 0.2) is 0 Å². The van der Waals surface area contributed by atoms with Gasteiger partial charge in [0.25, 0.3) is 0 Å². The molecule has 0 aromatic carbocycles. The fraction of sp³-hybridized carbons (Fsp3) is 0. The summed E-state index contributed by atoms with van der Waals surface area (Å²) in [4.78, 5) is 0. The van der Waals surface area contributed by atoms with Gasteiger partial charge in [0.05, 0.1) is 0 Å². The molecule has 0 spiro atoms. The molecule has 0 rings (SSSR count). The maximum absolute atomic E-state index is 11.1. The van der Waals surface area contributed by atoms with Crippen molar-refractivity contribution in [1.29, 1.82) is 0 Å². The Kier molecular flexibility index (Phi) is 0.775. The summed E-state index contributed by atoms with van der Waals surface area (Å²) in [5.74, 6) is 0. The molecule has 0 saturated heterocycles. The zero-order valence-electron chi connectivity index (χ0n) is 2.58. The Balaban J connectivity index is 4.43. The van der Waals surface area contributed by atoms with Gasteiger partial charge in [-0.25, -0.2) is 0 Å². The summed E-state index contributed by atoms with van der Waals surface area (Å²) < 4.78 is 59.5. The monoisotopic (exact) mass is 309 g/mol. The van der Waals surface area contributed by atoms with Crippen LogP contribution in [0.2, 0.25) is 0 Å². The molecule has 56 valence electrons. The van der Waals surface area contributed by atoms with E-state index >= 15 is 0 Å². The van der Waals surface area contributed by atoms with Crippen LogP contribution in [-0.2, 0) is 16.7 Å². The summed E-state index contributed by atoms with van der Waals surface area (Å²) in [5.41, 5.74) is 0. The summed E-state index contributed by atoms with van der Waals surface area (Å²) in [6, 6.07) is 0. The maximum atomic E-state index is 9.91. The molecule has 0 saturated carbocycles. The average molecular weight is 309 g/mol. The standard InChI is InChI=1S/6FH.Pt/h6*1H;/q;;;;;;+2/p-6. The van der Waals surface area contributed by atoms with Gasteiger partial charge in [-0.15, -0.1) is 0 Å². The zero-order valence-corrected chi connectivity index (χ0v) is 4.86. The quantitative estimate of drug-likeness (QED) is 0.603. The van der Waals surface area contributed by atoms with Crippen LogP contribution in [-0.4, -0.2) is 0 Å². The van der Waals surface area contributed by atoms with Crippen LogP contribution in [0.25, 0.3) is 0 Å². The molecule has 0 radical (unpaired) electrons. The van der Waals surface area contributed by atoms with E-state index in [1.54, 1.807) is 0 Å². The Morgan fingerprint density at radius 3 is 0.571 bits per heavy atom. The van der Waals surface area contributed by atoms with Crippen molar-refractivity contribution in [3.05, 3.63) is 0 Å². The summed E-state index contributed by atoms with van der Waals surface area (Å²) in [7, 11) is 0. The molecular formula is F6Pt-4. The van der Waals surface area contributed by atoms with E-state index in [0.717, 1.165) is 0 Å². The van der Waals surface area contributed by atoms with E-state index < -0.39 is 16.7 Å². The second-order valence-electron chi connectivity index (χ2n) is 0.678. The van der Waals surface area contributed by atoms with E-state index in [0.29, 0.717) is 0 Å². The molecule has 0 heterocycles. The molecule has 0 aliphatic rings. The fourth-order valence-electron chi connectivity index (χ4n) is 0. The molecular weight excluding hydrogens is 309 g/mol. The first-order valence-corrected chi connectivity index (χ1v) is 5.87. The Labute approximate surface area is 36.5 Å². The van der Waals surface area contributed by atoms with Crippen LogP contribution in [0.4, 0.5) is 18.9 Å². The van der Waals surface area contributed by atoms with Crippen molar-refractivity contribution in [3.63, 3.8) is 0 Å². The number of hydrogen-bond acceptors (Lipinski definition) is 0. The van der Waals surface area contributed by atoms with Gasteiger partial charge in [0.2, 0.25) is 0 Å². The number of halogens is 6. The van der Waals surface area contributed by atoms with Crippen LogP contribution >= 0.6 is 0 Å². The second-order valence-corrected chi connectivity index (χ2v) is 5.55. The number of rotatable bonds is 0. The Hall–Kier alpha value is 0.268. The SMILES string of the molecule is [F][Pt-4]([F])([F])([F])([F])[F]. The summed E-state index contributed by atoms with van der Waals surface area (Å²) in [6.45, 7) is 0. The predicted molar refractivity (Wildman–Crippen MR) is 6.65 cm³/mol. The third-order valence-corrected chi connectivity index (χ3v) is 0. The van der Waals surface area contributed by atoms with Gasteiger partial charge in [0.1, 0.15) is 0 Å². The first-order valence-electron chi connectivity index (χ1n) is 0.717. The van der Waals surface area contributed by atoms with Crippen molar-refractivity contribution in [2.75, 3.05) is 0 Å². The van der Waals surface area contributed by atoms with E-state index in [9.17, 15) is 18.9 Å². The first kappa shape index (κ1) is 7.27. The van der Waals surface area contributed by atoms with Gasteiger partial charge in [-0.05, 0) is 0 Å². The molecule has 0 unspecified atom stereocenters. The van der Waals surface area contributed by atoms with E-state index in [1.165, 1.54) is 0 Å². The van der Waals surface area contributed by atoms with E-state index in [-0.39, 0.29) is 0 Å². The number of hydrogen-bond donors (Lipinski definition) is 0. The molecule has 0 N–H and O–H groups in total. The Morgan fingerprint density at radius 2 is 0.571 bits per heavy atom. The normalized spacial score (nSPS) is 23.1. The van der Waals surface area contributed by atoms with Gasteiger partial charge in [0.15, 0.2) is 0 Å². The van der Waals surface area contributed by atoms with Gasteiger partial charge in [-0.3, -0.25) is 0 Å². The summed E-state index contributed by atoms with van der Waals surface area (Å²) >= 11 is -11.1. The molecule has 0 aliphatic heterocycles. The van der Waals surface area contributed by atoms with Crippen molar-refractivity contribution in [2.24, 2.45) is 0 Å². The minimum atomic E-state index is -11.1. The van der Waals surface area contributed by atoms with Crippen molar-refractivity contribution in [3.8, 4) is 0 Å². The summed E-state index contributed by atoms with van der Waals surface area (Å²) in [5, 5.41) is 0. The van der Waals surface area contributed by atoms with Gasteiger partial charge in [0, 0.05) is 0 Å². The molecule has 0 aromatic heterocycles. The predicted octanol–water partition coefficient (Wildman–Crippen LogP) is 2.52. The minimum absolute atomic E-state index is 9.91. The van der Waals surface area contributed by atoms with Crippen molar-refractivity contribution >= 4 is 0 Å². The van der Waals surface area contributed by atoms with Crippen LogP contribution < -0.4 is 0 Å². The van der Waals surface area contributed by atoms with E-state index in [1.807, 2.05) is 0 Å². The van der Waals surface area contributed by atoms with Crippen molar-refractivity contribution < 1.29 is 35.7 Å². The van der Waals surface area contributed by atoms with Gasteiger partial charge < -0.3 is 0 Å². The third-order valence-electron chi connectivity index (χ3n) is 0. The van der Waals surface area contributed by atoms with Crippen molar-refractivity contribution in [1.82, 2.24) is 0 Å². The van der Waals surface area contributed by atoms with Crippen LogP contribution in [0.1, 0.15) is 0 Å². The first-order chi connectivity index (χ1) is 2.45. The zero-order chi connectivity index (χ0) is 6.41. The molecule has 0 amide bonds. The molecule has 0 fully saturated rings. The molecule has 0 bridgehead atoms. The molecule has 0 aromatic rings. The van der Waals surface area contributed by atoms with Gasteiger partial charge in [-0.2, -0.15) is 0 Å². The molecule has 0 nitrogen and oxygen atoms in total. The van der Waals surface area contributed by atoms with Gasteiger partial charge >= 0.3 is 35.7 Å². The topological polar surface area (TPSA) is 0 Å². The van der Waals surface area contributed by atoms with E-state index in [2.05, 4.69) is 0 Å². The van der Waals surface area contributed by atoms with Crippen LogP contribution in [0.5, 0.6) is 0 Å². The summed E-state index contributed by atoms with van der Waals surface area (Å²) in [6.07, 6.45) is 0. The van der Waals surface area contributed by atoms with Crippen LogP contribution in [0.3, 0.4) is 0 Å². The van der Waals surface area contributed by atoms with Crippen molar-refractivity contribution in [2.45, 2.75) is 0 Å². The van der Waals surface area contributed by atoms with Gasteiger partial charge in [-0.1, -0.05) is 0 Å². The molecule has 0 aliphatic carbocycles. The Bertz CT molecular complexity index is 62.7. The Morgan fingerprint density at radius 1 is 0.571 bits per heavy atom. The molecule has 7 heteroatoms. The second kappa shape index (κ2) is 0.746. The van der Waals surface area contributed by atoms with Crippen LogP contribution in [0, 0.1) is 0 Å². The molecule has 0 atom stereocenters. The third kappa shape index (κ3) is 1590.